The van der Waals surface area contributed by atoms with Gasteiger partial charge >= 0.3 is 0 Å². The first-order valence-corrected chi connectivity index (χ1v) is 13.9. The highest BCUT2D eigenvalue weighted by Crippen LogP contribution is 2.49. The van der Waals surface area contributed by atoms with Crippen LogP contribution in [-0.4, -0.2) is 8.32 Å². The standard InChI is InChI=1S/C22H24OS2Si/c1-26(2,3)23-21-17-11-10-16-20(21)22(24-18-12-6-4-7-13-18)25-19-14-8-5-9-15-19/h4-17,22H,1-3H3. The van der Waals surface area contributed by atoms with Gasteiger partial charge in [0.1, 0.15) is 5.75 Å². The lowest BCUT2D eigenvalue weighted by molar-refractivity contribution is 0.552. The lowest BCUT2D eigenvalue weighted by Gasteiger charge is -2.25. The van der Waals surface area contributed by atoms with E-state index in [9.17, 15) is 0 Å². The summed E-state index contributed by atoms with van der Waals surface area (Å²) in [5, 5.41) is 0. The highest BCUT2D eigenvalue weighted by molar-refractivity contribution is 8.16. The van der Waals surface area contributed by atoms with Gasteiger partial charge in [-0.15, -0.1) is 23.5 Å². The van der Waals surface area contributed by atoms with Crippen molar-refractivity contribution in [2.24, 2.45) is 0 Å². The molecule has 0 N–H and O–H groups in total. The van der Waals surface area contributed by atoms with E-state index in [1.54, 1.807) is 0 Å². The van der Waals surface area contributed by atoms with Crippen LogP contribution in [0.1, 0.15) is 10.1 Å². The monoisotopic (exact) mass is 396 g/mol. The third kappa shape index (κ3) is 5.69. The Labute approximate surface area is 166 Å². The third-order valence-electron chi connectivity index (χ3n) is 3.56. The second-order valence-corrected chi connectivity index (χ2v) is 14.0. The molecule has 3 aromatic rings. The number of benzene rings is 3. The molecule has 0 heterocycles. The fourth-order valence-corrected chi connectivity index (χ4v) is 5.97. The van der Waals surface area contributed by atoms with Gasteiger partial charge in [-0.25, -0.2) is 0 Å². The lowest BCUT2D eigenvalue weighted by Crippen LogP contribution is -2.29. The van der Waals surface area contributed by atoms with Crippen LogP contribution in [-0.2, 0) is 0 Å². The number of rotatable bonds is 7. The molecule has 0 unspecified atom stereocenters. The van der Waals surface area contributed by atoms with Gasteiger partial charge < -0.3 is 4.43 Å². The van der Waals surface area contributed by atoms with E-state index >= 15 is 0 Å². The predicted molar refractivity (Wildman–Crippen MR) is 118 cm³/mol. The molecule has 3 aromatic carbocycles. The number of hydrogen-bond donors (Lipinski definition) is 0. The van der Waals surface area contributed by atoms with E-state index in [0.717, 1.165) is 5.75 Å². The molecule has 0 saturated carbocycles. The summed E-state index contributed by atoms with van der Waals surface area (Å²) in [7, 11) is -1.68. The summed E-state index contributed by atoms with van der Waals surface area (Å²) in [5.74, 6) is 1.02. The quantitative estimate of drug-likeness (QED) is 0.233. The molecule has 134 valence electrons. The molecular weight excluding hydrogens is 372 g/mol. The average Bonchev–Trinajstić information content (AvgIpc) is 2.62. The lowest BCUT2D eigenvalue weighted by atomic mass is 10.2. The molecule has 0 saturated heterocycles. The predicted octanol–water partition coefficient (Wildman–Crippen LogP) is 7.48. The number of thioether (sulfide) groups is 2. The largest absolute Gasteiger partial charge is 0.544 e. The Morgan fingerprint density at radius 2 is 1.12 bits per heavy atom. The van der Waals surface area contributed by atoms with Crippen LogP contribution in [0.5, 0.6) is 5.75 Å². The van der Waals surface area contributed by atoms with Gasteiger partial charge in [0.05, 0.1) is 4.58 Å². The molecular formula is C22H24OS2Si. The summed E-state index contributed by atoms with van der Waals surface area (Å²) in [6.07, 6.45) is 0. The van der Waals surface area contributed by atoms with Crippen molar-refractivity contribution in [1.82, 2.24) is 0 Å². The summed E-state index contributed by atoms with van der Waals surface area (Å²) < 4.78 is 6.63. The van der Waals surface area contributed by atoms with Gasteiger partial charge in [0.2, 0.25) is 8.32 Å². The normalized spacial score (nSPS) is 11.5. The van der Waals surface area contributed by atoms with Crippen LogP contribution < -0.4 is 4.43 Å². The third-order valence-corrected chi connectivity index (χ3v) is 7.00. The first-order chi connectivity index (χ1) is 12.5. The van der Waals surface area contributed by atoms with E-state index in [4.69, 9.17) is 4.43 Å². The van der Waals surface area contributed by atoms with Crippen LogP contribution >= 0.6 is 23.5 Å². The van der Waals surface area contributed by atoms with Gasteiger partial charge in [-0.3, -0.25) is 0 Å². The van der Waals surface area contributed by atoms with Crippen LogP contribution in [0.3, 0.4) is 0 Å². The zero-order chi connectivity index (χ0) is 18.4. The maximum Gasteiger partial charge on any atom is 0.242 e. The van der Waals surface area contributed by atoms with Crippen LogP contribution in [0.4, 0.5) is 0 Å². The van der Waals surface area contributed by atoms with Crippen molar-refractivity contribution in [2.75, 3.05) is 0 Å². The fourth-order valence-electron chi connectivity index (χ4n) is 2.49. The van der Waals surface area contributed by atoms with Crippen molar-refractivity contribution >= 4 is 31.8 Å². The van der Waals surface area contributed by atoms with Crippen molar-refractivity contribution < 1.29 is 4.43 Å². The van der Waals surface area contributed by atoms with E-state index in [1.807, 2.05) is 23.5 Å². The molecule has 3 rings (SSSR count). The second kappa shape index (κ2) is 8.85. The SMILES string of the molecule is C[Si](C)(C)Oc1ccccc1C(Sc1ccccc1)Sc1ccccc1. The summed E-state index contributed by atoms with van der Waals surface area (Å²) in [5.41, 5.74) is 1.25. The molecule has 4 heteroatoms. The van der Waals surface area contributed by atoms with E-state index in [-0.39, 0.29) is 4.58 Å². The van der Waals surface area contributed by atoms with Gasteiger partial charge in [-0.05, 0) is 50.0 Å². The topological polar surface area (TPSA) is 9.23 Å². The minimum Gasteiger partial charge on any atom is -0.544 e. The molecule has 0 radical (unpaired) electrons. The van der Waals surface area contributed by atoms with Crippen LogP contribution in [0.15, 0.2) is 94.7 Å². The zero-order valence-corrected chi connectivity index (χ0v) is 18.0. The maximum absolute atomic E-state index is 6.40. The van der Waals surface area contributed by atoms with Crippen molar-refractivity contribution in [3.8, 4) is 5.75 Å². The zero-order valence-electron chi connectivity index (χ0n) is 15.4. The maximum atomic E-state index is 6.40. The first-order valence-electron chi connectivity index (χ1n) is 8.73. The Morgan fingerprint density at radius 1 is 0.654 bits per heavy atom. The van der Waals surface area contributed by atoms with E-state index in [2.05, 4.69) is 105 Å². The van der Waals surface area contributed by atoms with E-state index < -0.39 is 8.32 Å². The smallest absolute Gasteiger partial charge is 0.242 e. The van der Waals surface area contributed by atoms with Crippen molar-refractivity contribution in [3.63, 3.8) is 0 Å². The Bertz CT molecular complexity index is 775. The van der Waals surface area contributed by atoms with Crippen molar-refractivity contribution in [3.05, 3.63) is 90.5 Å². The molecule has 0 aliphatic rings. The molecule has 0 aliphatic heterocycles. The number of para-hydroxylation sites is 1. The molecule has 0 spiro atoms. The van der Waals surface area contributed by atoms with Crippen molar-refractivity contribution in [1.29, 1.82) is 0 Å². The highest BCUT2D eigenvalue weighted by Gasteiger charge is 2.23. The molecule has 26 heavy (non-hydrogen) atoms. The number of hydrogen-bond acceptors (Lipinski definition) is 3. The molecule has 1 nitrogen and oxygen atoms in total. The Kier molecular flexibility index (Phi) is 6.51. The van der Waals surface area contributed by atoms with Crippen LogP contribution in [0.25, 0.3) is 0 Å². The van der Waals surface area contributed by atoms with Gasteiger partial charge in [0.15, 0.2) is 0 Å². The van der Waals surface area contributed by atoms with E-state index in [1.165, 1.54) is 15.4 Å². The minimum atomic E-state index is -1.68. The summed E-state index contributed by atoms with van der Waals surface area (Å²) in [4.78, 5) is 2.53. The summed E-state index contributed by atoms with van der Waals surface area (Å²) in [6.45, 7) is 6.69. The van der Waals surface area contributed by atoms with Gasteiger partial charge in [-0.1, -0.05) is 54.6 Å². The Balaban J connectivity index is 1.95. The van der Waals surface area contributed by atoms with Gasteiger partial charge in [0.25, 0.3) is 0 Å². The Hall–Kier alpha value is -1.62. The van der Waals surface area contributed by atoms with Gasteiger partial charge in [0, 0.05) is 15.4 Å². The molecule has 0 aromatic heterocycles. The molecule has 0 amide bonds. The molecule has 0 bridgehead atoms. The van der Waals surface area contributed by atoms with E-state index in [0.29, 0.717) is 0 Å². The van der Waals surface area contributed by atoms with Gasteiger partial charge in [-0.2, -0.15) is 0 Å². The molecule has 0 atom stereocenters. The summed E-state index contributed by atoms with van der Waals surface area (Å²) >= 11 is 3.75. The average molecular weight is 397 g/mol. The summed E-state index contributed by atoms with van der Waals surface area (Å²) in [6, 6.07) is 29.7. The minimum absolute atomic E-state index is 0.229. The Morgan fingerprint density at radius 3 is 1.62 bits per heavy atom. The van der Waals surface area contributed by atoms with Crippen LogP contribution in [0.2, 0.25) is 19.6 Å². The fraction of sp³-hybridized carbons (Fsp3) is 0.182. The molecule has 0 aliphatic carbocycles. The first kappa shape index (κ1) is 19.1. The highest BCUT2D eigenvalue weighted by atomic mass is 32.2. The van der Waals surface area contributed by atoms with Crippen LogP contribution in [0, 0.1) is 0 Å². The van der Waals surface area contributed by atoms with Crippen molar-refractivity contribution in [2.45, 2.75) is 34.0 Å². The second-order valence-electron chi connectivity index (χ2n) is 6.95. The molecule has 0 fully saturated rings.